The molecule has 1 saturated carbocycles. The fourth-order valence-corrected chi connectivity index (χ4v) is 1.54. The molecule has 1 fully saturated rings. The van der Waals surface area contributed by atoms with Gasteiger partial charge in [0.25, 0.3) is 0 Å². The molecule has 17 heavy (non-hydrogen) atoms. The molecule has 0 bridgehead atoms. The third kappa shape index (κ3) is 3.34. The molecule has 0 radical (unpaired) electrons. The van der Waals surface area contributed by atoms with E-state index in [0.717, 1.165) is 12.8 Å². The second-order valence-electron chi connectivity index (χ2n) is 4.05. The van der Waals surface area contributed by atoms with Gasteiger partial charge in [-0.05, 0) is 25.0 Å². The SMILES string of the molecule is COc1cccnc1NCCNC(=O)C1CC1. The summed E-state index contributed by atoms with van der Waals surface area (Å²) in [7, 11) is 1.61. The van der Waals surface area contributed by atoms with Crippen LogP contribution in [0.1, 0.15) is 12.8 Å². The van der Waals surface area contributed by atoms with Gasteiger partial charge in [0.15, 0.2) is 11.6 Å². The van der Waals surface area contributed by atoms with Gasteiger partial charge in [-0.1, -0.05) is 0 Å². The average molecular weight is 235 g/mol. The number of rotatable bonds is 6. The van der Waals surface area contributed by atoms with E-state index in [2.05, 4.69) is 15.6 Å². The van der Waals surface area contributed by atoms with Crippen LogP contribution in [0.15, 0.2) is 18.3 Å². The maximum atomic E-state index is 11.4. The number of hydrogen-bond donors (Lipinski definition) is 2. The highest BCUT2D eigenvalue weighted by atomic mass is 16.5. The zero-order valence-electron chi connectivity index (χ0n) is 9.90. The van der Waals surface area contributed by atoms with Crippen LogP contribution in [0.4, 0.5) is 5.82 Å². The number of carbonyl (C=O) groups is 1. The first kappa shape index (κ1) is 11.7. The number of aromatic nitrogens is 1. The smallest absolute Gasteiger partial charge is 0.223 e. The Balaban J connectivity index is 1.71. The Kier molecular flexibility index (Phi) is 3.80. The monoisotopic (exact) mass is 235 g/mol. The van der Waals surface area contributed by atoms with Crippen molar-refractivity contribution in [1.82, 2.24) is 10.3 Å². The minimum atomic E-state index is 0.166. The van der Waals surface area contributed by atoms with Gasteiger partial charge >= 0.3 is 0 Å². The topological polar surface area (TPSA) is 63.2 Å². The summed E-state index contributed by atoms with van der Waals surface area (Å²) >= 11 is 0. The van der Waals surface area contributed by atoms with Gasteiger partial charge in [0, 0.05) is 25.2 Å². The van der Waals surface area contributed by atoms with E-state index in [1.807, 2.05) is 12.1 Å². The van der Waals surface area contributed by atoms with E-state index in [1.54, 1.807) is 13.3 Å². The van der Waals surface area contributed by atoms with Crippen molar-refractivity contribution >= 4 is 11.7 Å². The standard InChI is InChI=1S/C12H17N3O2/c1-17-10-3-2-6-13-11(10)14-7-8-15-12(16)9-4-5-9/h2-3,6,9H,4-5,7-8H2,1H3,(H,13,14)(H,15,16). The van der Waals surface area contributed by atoms with Crippen LogP contribution in [0.5, 0.6) is 5.75 Å². The van der Waals surface area contributed by atoms with Gasteiger partial charge in [0.05, 0.1) is 7.11 Å². The molecule has 1 aromatic heterocycles. The van der Waals surface area contributed by atoms with E-state index >= 15 is 0 Å². The Hall–Kier alpha value is -1.78. The molecule has 0 unspecified atom stereocenters. The van der Waals surface area contributed by atoms with Crippen LogP contribution in [0, 0.1) is 5.92 Å². The van der Waals surface area contributed by atoms with Crippen LogP contribution < -0.4 is 15.4 Å². The zero-order chi connectivity index (χ0) is 12.1. The molecule has 1 aliphatic rings. The quantitative estimate of drug-likeness (QED) is 0.723. The van der Waals surface area contributed by atoms with Gasteiger partial charge < -0.3 is 15.4 Å². The third-order valence-corrected chi connectivity index (χ3v) is 2.66. The van der Waals surface area contributed by atoms with Crippen LogP contribution in [-0.4, -0.2) is 31.1 Å². The van der Waals surface area contributed by atoms with Crippen molar-refractivity contribution in [2.45, 2.75) is 12.8 Å². The van der Waals surface area contributed by atoms with Crippen LogP contribution >= 0.6 is 0 Å². The molecule has 1 aromatic rings. The minimum absolute atomic E-state index is 0.166. The Morgan fingerprint density at radius 3 is 3.06 bits per heavy atom. The van der Waals surface area contributed by atoms with Crippen molar-refractivity contribution in [1.29, 1.82) is 0 Å². The molecule has 1 amide bonds. The summed E-state index contributed by atoms with van der Waals surface area (Å²) in [5, 5.41) is 6.01. The maximum Gasteiger partial charge on any atom is 0.223 e. The number of nitrogens with zero attached hydrogens (tertiary/aromatic N) is 1. The fourth-order valence-electron chi connectivity index (χ4n) is 1.54. The van der Waals surface area contributed by atoms with Crippen molar-refractivity contribution in [3.05, 3.63) is 18.3 Å². The Bertz CT molecular complexity index is 391. The molecule has 1 heterocycles. The number of pyridine rings is 1. The van der Waals surface area contributed by atoms with E-state index < -0.39 is 0 Å². The number of amides is 1. The third-order valence-electron chi connectivity index (χ3n) is 2.66. The predicted molar refractivity (Wildman–Crippen MR) is 65.0 cm³/mol. The second-order valence-corrected chi connectivity index (χ2v) is 4.05. The molecule has 2 rings (SSSR count). The summed E-state index contributed by atoms with van der Waals surface area (Å²) in [5.74, 6) is 1.84. The lowest BCUT2D eigenvalue weighted by atomic mass is 10.4. The van der Waals surface area contributed by atoms with E-state index in [-0.39, 0.29) is 11.8 Å². The van der Waals surface area contributed by atoms with Crippen molar-refractivity contribution in [3.63, 3.8) is 0 Å². The van der Waals surface area contributed by atoms with Gasteiger partial charge in [-0.3, -0.25) is 4.79 Å². The fraction of sp³-hybridized carbons (Fsp3) is 0.500. The average Bonchev–Trinajstić information content (AvgIpc) is 3.19. The lowest BCUT2D eigenvalue weighted by Gasteiger charge is -2.09. The van der Waals surface area contributed by atoms with E-state index in [0.29, 0.717) is 24.7 Å². The molecule has 5 heteroatoms. The lowest BCUT2D eigenvalue weighted by Crippen LogP contribution is -2.30. The van der Waals surface area contributed by atoms with Gasteiger partial charge in [0.2, 0.25) is 5.91 Å². The minimum Gasteiger partial charge on any atom is -0.493 e. The van der Waals surface area contributed by atoms with E-state index in [1.165, 1.54) is 0 Å². The number of methoxy groups -OCH3 is 1. The maximum absolute atomic E-state index is 11.4. The normalized spacial score (nSPS) is 14.2. The lowest BCUT2D eigenvalue weighted by molar-refractivity contribution is -0.122. The van der Waals surface area contributed by atoms with Crippen molar-refractivity contribution in [2.75, 3.05) is 25.5 Å². The number of carbonyl (C=O) groups excluding carboxylic acids is 1. The van der Waals surface area contributed by atoms with Gasteiger partial charge in [0.1, 0.15) is 0 Å². The Morgan fingerprint density at radius 2 is 2.35 bits per heavy atom. The number of ether oxygens (including phenoxy) is 1. The van der Waals surface area contributed by atoms with Crippen LogP contribution in [0.3, 0.4) is 0 Å². The molecule has 0 spiro atoms. The highest BCUT2D eigenvalue weighted by Gasteiger charge is 2.28. The summed E-state index contributed by atoms with van der Waals surface area (Å²) in [4.78, 5) is 15.5. The molecule has 2 N–H and O–H groups in total. The van der Waals surface area contributed by atoms with Gasteiger partial charge in [-0.25, -0.2) is 4.98 Å². The van der Waals surface area contributed by atoms with Crippen LogP contribution in [0.25, 0.3) is 0 Å². The molecule has 0 saturated heterocycles. The first-order valence-electron chi connectivity index (χ1n) is 5.82. The highest BCUT2D eigenvalue weighted by Crippen LogP contribution is 2.28. The van der Waals surface area contributed by atoms with Crippen LogP contribution in [0.2, 0.25) is 0 Å². The summed E-state index contributed by atoms with van der Waals surface area (Å²) in [6, 6.07) is 3.66. The summed E-state index contributed by atoms with van der Waals surface area (Å²) in [5.41, 5.74) is 0. The van der Waals surface area contributed by atoms with Crippen LogP contribution in [-0.2, 0) is 4.79 Å². The number of nitrogens with one attached hydrogen (secondary N) is 2. The van der Waals surface area contributed by atoms with E-state index in [9.17, 15) is 4.79 Å². The molecular formula is C12H17N3O2. The van der Waals surface area contributed by atoms with Gasteiger partial charge in [-0.2, -0.15) is 0 Å². The van der Waals surface area contributed by atoms with Crippen molar-refractivity contribution < 1.29 is 9.53 Å². The first-order chi connectivity index (χ1) is 8.31. The predicted octanol–water partition coefficient (Wildman–Crippen LogP) is 1.03. The number of anilines is 1. The summed E-state index contributed by atoms with van der Waals surface area (Å²) in [6.45, 7) is 1.25. The molecule has 0 aliphatic heterocycles. The molecule has 0 atom stereocenters. The largest absolute Gasteiger partial charge is 0.493 e. The second kappa shape index (κ2) is 5.52. The molecule has 5 nitrogen and oxygen atoms in total. The molecule has 92 valence electrons. The van der Waals surface area contributed by atoms with Crippen molar-refractivity contribution in [3.8, 4) is 5.75 Å². The summed E-state index contributed by atoms with van der Waals surface area (Å²) < 4.78 is 5.16. The number of hydrogen-bond acceptors (Lipinski definition) is 4. The zero-order valence-corrected chi connectivity index (χ0v) is 9.90. The molecular weight excluding hydrogens is 218 g/mol. The van der Waals surface area contributed by atoms with Crippen molar-refractivity contribution in [2.24, 2.45) is 5.92 Å². The summed E-state index contributed by atoms with van der Waals surface area (Å²) in [6.07, 6.45) is 3.77. The van der Waals surface area contributed by atoms with Gasteiger partial charge in [-0.15, -0.1) is 0 Å². The molecule has 1 aliphatic carbocycles. The Labute approximate surface area is 101 Å². The Morgan fingerprint density at radius 1 is 1.53 bits per heavy atom. The first-order valence-corrected chi connectivity index (χ1v) is 5.82. The van der Waals surface area contributed by atoms with E-state index in [4.69, 9.17) is 4.74 Å². The highest BCUT2D eigenvalue weighted by molar-refractivity contribution is 5.80. The molecule has 0 aromatic carbocycles.